The molecule has 2 saturated heterocycles. The van der Waals surface area contributed by atoms with Crippen molar-refractivity contribution in [1.82, 2.24) is 4.90 Å². The maximum Gasteiger partial charge on any atom is 0.333 e. The molecule has 6 nitrogen and oxygen atoms in total. The number of methoxy groups -OCH3 is 1. The van der Waals surface area contributed by atoms with E-state index >= 15 is 0 Å². The summed E-state index contributed by atoms with van der Waals surface area (Å²) in [6.45, 7) is 4.04. The van der Waals surface area contributed by atoms with Gasteiger partial charge in [0.05, 0.1) is 7.11 Å². The number of hydrogen-bond acceptors (Lipinski definition) is 6. The van der Waals surface area contributed by atoms with Crippen LogP contribution >= 0.6 is 11.8 Å². The van der Waals surface area contributed by atoms with Crippen LogP contribution in [-0.2, 0) is 20.9 Å². The Morgan fingerprint density at radius 2 is 2.13 bits per heavy atom. The number of amides is 1. The van der Waals surface area contributed by atoms with Gasteiger partial charge in [-0.2, -0.15) is 0 Å². The molecule has 0 bridgehead atoms. The van der Waals surface area contributed by atoms with Crippen LogP contribution in [0.5, 0.6) is 5.75 Å². The highest BCUT2D eigenvalue weighted by atomic mass is 32.2. The third kappa shape index (κ3) is 2.82. The Balaban J connectivity index is 1.64. The number of esters is 1. The molecule has 0 aliphatic carbocycles. The molecule has 3 atom stereocenters. The van der Waals surface area contributed by atoms with Crippen LogP contribution in [0.1, 0.15) is 5.56 Å². The number of nitrogens with zero attached hydrogens (tertiary/aromatic N) is 1. The fraction of sp³-hybridized carbons (Fsp3) is 0.375. The molecule has 2 fully saturated rings. The van der Waals surface area contributed by atoms with Gasteiger partial charge in [-0.3, -0.25) is 4.79 Å². The molecule has 23 heavy (non-hydrogen) atoms. The molecule has 3 rings (SSSR count). The van der Waals surface area contributed by atoms with Crippen molar-refractivity contribution in [2.75, 3.05) is 12.9 Å². The summed E-state index contributed by atoms with van der Waals surface area (Å²) in [5.41, 5.74) is 7.29. The first kappa shape index (κ1) is 15.9. The minimum atomic E-state index is -0.730. The van der Waals surface area contributed by atoms with E-state index in [1.165, 1.54) is 16.7 Å². The summed E-state index contributed by atoms with van der Waals surface area (Å²) >= 11 is 1.53. The molecule has 0 saturated carbocycles. The molecule has 1 aromatic carbocycles. The zero-order valence-corrected chi connectivity index (χ0v) is 13.5. The van der Waals surface area contributed by atoms with Crippen LogP contribution in [0.15, 0.2) is 36.4 Å². The number of benzene rings is 1. The summed E-state index contributed by atoms with van der Waals surface area (Å²) in [5, 5.41) is -0.161. The summed E-state index contributed by atoms with van der Waals surface area (Å²) in [7, 11) is 1.59. The largest absolute Gasteiger partial charge is 0.497 e. The number of nitrogens with two attached hydrogens (primary N) is 1. The Morgan fingerprint density at radius 1 is 1.43 bits per heavy atom. The number of β-lactam (4-membered cyclic amide) rings is 1. The summed E-state index contributed by atoms with van der Waals surface area (Å²) in [6.07, 6.45) is 0. The van der Waals surface area contributed by atoms with Gasteiger partial charge in [0.2, 0.25) is 5.91 Å². The predicted octanol–water partition coefficient (Wildman–Crippen LogP) is 0.906. The Bertz CT molecular complexity index is 646. The first-order valence-corrected chi connectivity index (χ1v) is 8.24. The van der Waals surface area contributed by atoms with Crippen molar-refractivity contribution in [1.29, 1.82) is 0 Å². The van der Waals surface area contributed by atoms with Crippen LogP contribution in [-0.4, -0.2) is 47.1 Å². The van der Waals surface area contributed by atoms with E-state index in [-0.39, 0.29) is 17.9 Å². The van der Waals surface area contributed by atoms with E-state index in [0.29, 0.717) is 11.3 Å². The summed E-state index contributed by atoms with van der Waals surface area (Å²) in [6, 6.07) is 5.98. The average molecular weight is 334 g/mol. The fourth-order valence-electron chi connectivity index (χ4n) is 2.67. The zero-order valence-electron chi connectivity index (χ0n) is 12.7. The lowest BCUT2D eigenvalue weighted by Gasteiger charge is -2.51. The molecule has 0 aromatic heterocycles. The Morgan fingerprint density at radius 3 is 2.78 bits per heavy atom. The maximum absolute atomic E-state index is 12.4. The normalized spacial score (nSPS) is 26.3. The number of hydrogen-bond donors (Lipinski definition) is 1. The number of fused-ring (bicyclic) bond motifs is 1. The third-order valence-corrected chi connectivity index (χ3v) is 5.39. The molecule has 1 aromatic rings. The molecular formula is C16H18N2O4S. The molecule has 0 radical (unpaired) electrons. The van der Waals surface area contributed by atoms with E-state index < -0.39 is 18.1 Å². The smallest absolute Gasteiger partial charge is 0.333 e. The predicted molar refractivity (Wildman–Crippen MR) is 86.8 cm³/mol. The van der Waals surface area contributed by atoms with Gasteiger partial charge < -0.3 is 20.1 Å². The van der Waals surface area contributed by atoms with E-state index in [0.717, 1.165) is 11.3 Å². The first-order valence-electron chi connectivity index (χ1n) is 7.19. The van der Waals surface area contributed by atoms with Crippen molar-refractivity contribution in [2.45, 2.75) is 24.1 Å². The highest BCUT2D eigenvalue weighted by Crippen LogP contribution is 2.39. The van der Waals surface area contributed by atoms with Crippen LogP contribution in [0.25, 0.3) is 0 Å². The van der Waals surface area contributed by atoms with Gasteiger partial charge in [0.15, 0.2) is 6.04 Å². The molecule has 2 unspecified atom stereocenters. The highest BCUT2D eigenvalue weighted by molar-refractivity contribution is 8.00. The second kappa shape index (κ2) is 6.25. The number of ether oxygens (including phenoxy) is 2. The lowest BCUT2D eigenvalue weighted by molar-refractivity contribution is -0.162. The van der Waals surface area contributed by atoms with Crippen molar-refractivity contribution >= 4 is 23.6 Å². The van der Waals surface area contributed by atoms with Crippen LogP contribution in [0, 0.1) is 0 Å². The second-order valence-electron chi connectivity index (χ2n) is 5.49. The quantitative estimate of drug-likeness (QED) is 0.501. The highest BCUT2D eigenvalue weighted by Gasteiger charge is 2.54. The number of carbonyl (C=O) groups excluding carboxylic acids is 2. The van der Waals surface area contributed by atoms with Crippen LogP contribution in [0.4, 0.5) is 0 Å². The Kier molecular flexibility index (Phi) is 4.32. The minimum Gasteiger partial charge on any atom is -0.497 e. The summed E-state index contributed by atoms with van der Waals surface area (Å²) in [5.74, 6) is 0.650. The van der Waals surface area contributed by atoms with Crippen molar-refractivity contribution in [3.8, 4) is 5.75 Å². The van der Waals surface area contributed by atoms with Gasteiger partial charge in [-0.15, -0.1) is 11.8 Å². The topological polar surface area (TPSA) is 81.9 Å². The van der Waals surface area contributed by atoms with Crippen LogP contribution in [0.3, 0.4) is 0 Å². The first-order chi connectivity index (χ1) is 11.0. The molecular weight excluding hydrogens is 316 g/mol. The lowest BCUT2D eigenvalue weighted by atomic mass is 9.99. The molecule has 2 aliphatic rings. The van der Waals surface area contributed by atoms with Gasteiger partial charge in [0.25, 0.3) is 0 Å². The average Bonchev–Trinajstić information content (AvgIpc) is 2.59. The van der Waals surface area contributed by atoms with Gasteiger partial charge in [-0.1, -0.05) is 18.7 Å². The van der Waals surface area contributed by atoms with Crippen molar-refractivity contribution in [3.05, 3.63) is 42.0 Å². The molecule has 2 aliphatic heterocycles. The van der Waals surface area contributed by atoms with E-state index in [2.05, 4.69) is 6.58 Å². The van der Waals surface area contributed by atoms with Gasteiger partial charge in [-0.05, 0) is 23.3 Å². The number of thioether (sulfide) groups is 1. The Labute approximate surface area is 138 Å². The summed E-state index contributed by atoms with van der Waals surface area (Å²) in [4.78, 5) is 25.8. The van der Waals surface area contributed by atoms with Crippen LogP contribution < -0.4 is 10.5 Å². The van der Waals surface area contributed by atoms with Crippen molar-refractivity contribution in [2.24, 2.45) is 5.73 Å². The maximum atomic E-state index is 12.4. The monoisotopic (exact) mass is 334 g/mol. The number of rotatable bonds is 4. The molecule has 2 N–H and O–H groups in total. The second-order valence-corrected chi connectivity index (χ2v) is 6.59. The fourth-order valence-corrected chi connectivity index (χ4v) is 3.92. The minimum absolute atomic E-state index is 0.137. The molecule has 2 heterocycles. The number of carbonyl (C=O) groups is 2. The molecule has 0 spiro atoms. The molecule has 7 heteroatoms. The van der Waals surface area contributed by atoms with Gasteiger partial charge in [0, 0.05) is 5.75 Å². The third-order valence-electron chi connectivity index (χ3n) is 3.99. The van der Waals surface area contributed by atoms with E-state index in [4.69, 9.17) is 15.2 Å². The lowest BCUT2D eigenvalue weighted by Crippen LogP contribution is -2.73. The van der Waals surface area contributed by atoms with E-state index in [9.17, 15) is 9.59 Å². The van der Waals surface area contributed by atoms with Crippen LogP contribution in [0.2, 0.25) is 0 Å². The SMILES string of the molecule is C=C1CS[C@@H]2C(N)C(=O)N2C1C(=O)OCc1ccc(OC)cc1. The van der Waals surface area contributed by atoms with Gasteiger partial charge >= 0.3 is 5.97 Å². The van der Waals surface area contributed by atoms with Crippen molar-refractivity contribution < 1.29 is 19.1 Å². The van der Waals surface area contributed by atoms with E-state index in [1.54, 1.807) is 19.2 Å². The standard InChI is InChI=1S/C16H18N2O4S/c1-9-8-23-15-12(17)14(19)18(15)13(9)16(20)22-7-10-3-5-11(21-2)6-4-10/h3-6,12-13,15H,1,7-8,17H2,2H3/t12?,13?,15-/m1/s1. The van der Waals surface area contributed by atoms with Crippen molar-refractivity contribution in [3.63, 3.8) is 0 Å². The van der Waals surface area contributed by atoms with Gasteiger partial charge in [0.1, 0.15) is 23.8 Å². The van der Waals surface area contributed by atoms with Gasteiger partial charge in [-0.25, -0.2) is 4.79 Å². The molecule has 1 amide bonds. The van der Waals surface area contributed by atoms with E-state index in [1.807, 2.05) is 12.1 Å². The molecule has 122 valence electrons. The zero-order chi connectivity index (χ0) is 16.6. The Hall–Kier alpha value is -1.99. The summed E-state index contributed by atoms with van der Waals surface area (Å²) < 4.78 is 10.4.